The Hall–Kier alpha value is -1.26. The summed E-state index contributed by atoms with van der Waals surface area (Å²) in [6.07, 6.45) is 2.67. The molecule has 1 atom stereocenters. The van der Waals surface area contributed by atoms with Crippen molar-refractivity contribution < 1.29 is 9.53 Å². The molecule has 1 aliphatic rings. The molecule has 0 aromatic heterocycles. The maximum atomic E-state index is 12.1. The topological polar surface area (TPSA) is 50.4 Å². The Bertz CT molecular complexity index is 446. The molecule has 2 rings (SSSR count). The number of rotatable bonds is 5. The van der Waals surface area contributed by atoms with Crippen molar-refractivity contribution in [2.75, 3.05) is 13.1 Å². The van der Waals surface area contributed by atoms with Crippen LogP contribution in [-0.2, 0) is 11.2 Å². The minimum atomic E-state index is 0. The van der Waals surface area contributed by atoms with Gasteiger partial charge in [0.15, 0.2) is 0 Å². The van der Waals surface area contributed by atoms with Gasteiger partial charge >= 0.3 is 0 Å². The molecular formula is C16H25ClN2O2. The SMILES string of the molecule is CC(C)Oc1ccccc1CC(=O)NC1CCCNC1.Cl. The average Bonchev–Trinajstić information content (AvgIpc) is 2.41. The molecule has 1 fully saturated rings. The van der Waals surface area contributed by atoms with E-state index in [0.29, 0.717) is 6.42 Å². The first-order valence-electron chi connectivity index (χ1n) is 7.40. The van der Waals surface area contributed by atoms with Crippen molar-refractivity contribution in [3.05, 3.63) is 29.8 Å². The minimum absolute atomic E-state index is 0. The summed E-state index contributed by atoms with van der Waals surface area (Å²) in [6, 6.07) is 8.01. The van der Waals surface area contributed by atoms with Crippen molar-refractivity contribution in [3.63, 3.8) is 0 Å². The van der Waals surface area contributed by atoms with Gasteiger partial charge in [0, 0.05) is 18.2 Å². The van der Waals surface area contributed by atoms with Crippen LogP contribution in [0, 0.1) is 0 Å². The Morgan fingerprint density at radius 1 is 1.43 bits per heavy atom. The fraction of sp³-hybridized carbons (Fsp3) is 0.562. The molecule has 0 saturated carbocycles. The fourth-order valence-electron chi connectivity index (χ4n) is 2.45. The second kappa shape index (κ2) is 8.90. The van der Waals surface area contributed by atoms with Gasteiger partial charge in [0.25, 0.3) is 0 Å². The predicted molar refractivity (Wildman–Crippen MR) is 87.2 cm³/mol. The molecule has 1 saturated heterocycles. The number of halogens is 1. The predicted octanol–water partition coefficient (Wildman–Crippen LogP) is 2.31. The first-order valence-corrected chi connectivity index (χ1v) is 7.40. The Morgan fingerprint density at radius 3 is 2.86 bits per heavy atom. The molecule has 2 N–H and O–H groups in total. The zero-order chi connectivity index (χ0) is 14.4. The molecule has 1 aromatic carbocycles. The normalized spacial score (nSPS) is 18.0. The van der Waals surface area contributed by atoms with E-state index in [4.69, 9.17) is 4.74 Å². The van der Waals surface area contributed by atoms with Gasteiger partial charge in [0.1, 0.15) is 5.75 Å². The van der Waals surface area contributed by atoms with Gasteiger partial charge in [0.2, 0.25) is 5.91 Å². The summed E-state index contributed by atoms with van der Waals surface area (Å²) in [5, 5.41) is 6.39. The summed E-state index contributed by atoms with van der Waals surface area (Å²) in [4.78, 5) is 12.1. The van der Waals surface area contributed by atoms with E-state index in [1.807, 2.05) is 38.1 Å². The highest BCUT2D eigenvalue weighted by molar-refractivity contribution is 5.85. The van der Waals surface area contributed by atoms with Crippen molar-refractivity contribution in [2.24, 2.45) is 0 Å². The van der Waals surface area contributed by atoms with Crippen LogP contribution in [0.4, 0.5) is 0 Å². The number of piperidine rings is 1. The number of carbonyl (C=O) groups excluding carboxylic acids is 1. The van der Waals surface area contributed by atoms with Crippen molar-refractivity contribution in [1.82, 2.24) is 10.6 Å². The zero-order valence-electron chi connectivity index (χ0n) is 12.7. The number of benzene rings is 1. The smallest absolute Gasteiger partial charge is 0.224 e. The summed E-state index contributed by atoms with van der Waals surface area (Å²) in [5.41, 5.74) is 0.947. The Labute approximate surface area is 133 Å². The first kappa shape index (κ1) is 17.8. The van der Waals surface area contributed by atoms with Crippen LogP contribution < -0.4 is 15.4 Å². The lowest BCUT2D eigenvalue weighted by Crippen LogP contribution is -2.46. The summed E-state index contributed by atoms with van der Waals surface area (Å²) < 4.78 is 5.74. The molecule has 1 heterocycles. The van der Waals surface area contributed by atoms with Crippen molar-refractivity contribution in [3.8, 4) is 5.75 Å². The van der Waals surface area contributed by atoms with Gasteiger partial charge in [-0.3, -0.25) is 4.79 Å². The molecule has 118 valence electrons. The van der Waals surface area contributed by atoms with Gasteiger partial charge in [-0.05, 0) is 39.3 Å². The highest BCUT2D eigenvalue weighted by Crippen LogP contribution is 2.20. The number of ether oxygens (including phenoxy) is 1. The molecule has 0 aliphatic carbocycles. The maximum absolute atomic E-state index is 12.1. The minimum Gasteiger partial charge on any atom is -0.491 e. The number of hydrogen-bond donors (Lipinski definition) is 2. The second-order valence-corrected chi connectivity index (χ2v) is 5.56. The van der Waals surface area contributed by atoms with Crippen LogP contribution in [-0.4, -0.2) is 31.1 Å². The molecule has 21 heavy (non-hydrogen) atoms. The molecule has 1 amide bonds. The highest BCUT2D eigenvalue weighted by Gasteiger charge is 2.16. The third-order valence-electron chi connectivity index (χ3n) is 3.35. The van der Waals surface area contributed by atoms with Crippen LogP contribution in [0.3, 0.4) is 0 Å². The monoisotopic (exact) mass is 312 g/mol. The fourth-order valence-corrected chi connectivity index (χ4v) is 2.45. The van der Waals surface area contributed by atoms with Crippen LogP contribution in [0.15, 0.2) is 24.3 Å². The van der Waals surface area contributed by atoms with Gasteiger partial charge in [-0.25, -0.2) is 0 Å². The van der Waals surface area contributed by atoms with Crippen LogP contribution in [0.1, 0.15) is 32.3 Å². The van der Waals surface area contributed by atoms with Gasteiger partial charge in [-0.15, -0.1) is 12.4 Å². The van der Waals surface area contributed by atoms with Gasteiger partial charge < -0.3 is 15.4 Å². The molecule has 4 nitrogen and oxygen atoms in total. The van der Waals surface area contributed by atoms with Crippen LogP contribution in [0.25, 0.3) is 0 Å². The maximum Gasteiger partial charge on any atom is 0.224 e. The molecule has 0 spiro atoms. The molecule has 1 aliphatic heterocycles. The second-order valence-electron chi connectivity index (χ2n) is 5.56. The average molecular weight is 313 g/mol. The van der Waals surface area contributed by atoms with Gasteiger partial charge in [-0.2, -0.15) is 0 Å². The summed E-state index contributed by atoms with van der Waals surface area (Å²) in [5.74, 6) is 0.873. The Balaban J connectivity index is 0.00000220. The first-order chi connectivity index (χ1) is 9.65. The Kier molecular flexibility index (Phi) is 7.54. The van der Waals surface area contributed by atoms with Crippen molar-refractivity contribution in [2.45, 2.75) is 45.3 Å². The molecular weight excluding hydrogens is 288 g/mol. The van der Waals surface area contributed by atoms with E-state index in [2.05, 4.69) is 10.6 Å². The van der Waals surface area contributed by atoms with Crippen LogP contribution in [0.2, 0.25) is 0 Å². The van der Waals surface area contributed by atoms with E-state index >= 15 is 0 Å². The Morgan fingerprint density at radius 2 is 2.19 bits per heavy atom. The summed E-state index contributed by atoms with van der Waals surface area (Å²) >= 11 is 0. The zero-order valence-corrected chi connectivity index (χ0v) is 13.5. The van der Waals surface area contributed by atoms with E-state index in [9.17, 15) is 4.79 Å². The molecule has 1 aromatic rings. The molecule has 1 unspecified atom stereocenters. The molecule has 0 bridgehead atoms. The third-order valence-corrected chi connectivity index (χ3v) is 3.35. The van der Waals surface area contributed by atoms with Gasteiger partial charge in [-0.1, -0.05) is 18.2 Å². The van der Waals surface area contributed by atoms with E-state index in [-0.39, 0.29) is 30.5 Å². The van der Waals surface area contributed by atoms with E-state index in [1.54, 1.807) is 0 Å². The van der Waals surface area contributed by atoms with Crippen molar-refractivity contribution in [1.29, 1.82) is 0 Å². The molecule has 5 heteroatoms. The number of carbonyl (C=O) groups is 1. The van der Waals surface area contributed by atoms with Gasteiger partial charge in [0.05, 0.1) is 12.5 Å². The number of amides is 1. The number of hydrogen-bond acceptors (Lipinski definition) is 3. The van der Waals surface area contributed by atoms with E-state index < -0.39 is 0 Å². The van der Waals surface area contributed by atoms with E-state index in [1.165, 1.54) is 0 Å². The van der Waals surface area contributed by atoms with Crippen molar-refractivity contribution >= 4 is 18.3 Å². The number of nitrogens with one attached hydrogen (secondary N) is 2. The lowest BCUT2D eigenvalue weighted by atomic mass is 10.1. The largest absolute Gasteiger partial charge is 0.491 e. The summed E-state index contributed by atoms with van der Waals surface area (Å²) in [7, 11) is 0. The van der Waals surface area contributed by atoms with Crippen LogP contribution in [0.5, 0.6) is 5.75 Å². The number of para-hydroxylation sites is 1. The molecule has 0 radical (unpaired) electrons. The standard InChI is InChI=1S/C16H24N2O2.ClH/c1-12(2)20-15-8-4-3-6-13(15)10-16(19)18-14-7-5-9-17-11-14;/h3-4,6,8,12,14,17H,5,7,9-11H2,1-2H3,(H,18,19);1H. The lowest BCUT2D eigenvalue weighted by molar-refractivity contribution is -0.121. The van der Waals surface area contributed by atoms with Crippen LogP contribution >= 0.6 is 12.4 Å². The highest BCUT2D eigenvalue weighted by atomic mass is 35.5. The third kappa shape index (κ3) is 5.94. The van der Waals surface area contributed by atoms with E-state index in [0.717, 1.165) is 37.2 Å². The summed E-state index contributed by atoms with van der Waals surface area (Å²) in [6.45, 7) is 5.91. The lowest BCUT2D eigenvalue weighted by Gasteiger charge is -2.24. The quantitative estimate of drug-likeness (QED) is 0.877.